The first-order valence-electron chi connectivity index (χ1n) is 6.89. The molecule has 0 radical (unpaired) electrons. The van der Waals surface area contributed by atoms with Crippen molar-refractivity contribution in [2.24, 2.45) is 0 Å². The van der Waals surface area contributed by atoms with Crippen molar-refractivity contribution in [1.82, 2.24) is 0 Å². The van der Waals surface area contributed by atoms with Gasteiger partial charge >= 0.3 is 5.97 Å². The van der Waals surface area contributed by atoms with Crippen LogP contribution in [0.4, 0.5) is 5.69 Å². The lowest BCUT2D eigenvalue weighted by atomic mass is 10.1. The second kappa shape index (κ2) is 8.20. The number of nitrogens with one attached hydrogen (secondary N) is 1. The molecule has 0 spiro atoms. The Morgan fingerprint density at radius 3 is 2.41 bits per heavy atom. The second-order valence-corrected chi connectivity index (χ2v) is 5.08. The van der Waals surface area contributed by atoms with E-state index in [1.807, 2.05) is 30.3 Å². The number of halogens is 1. The van der Waals surface area contributed by atoms with Gasteiger partial charge in [0.2, 0.25) is 0 Å². The van der Waals surface area contributed by atoms with Gasteiger partial charge in [0.1, 0.15) is 0 Å². The molecule has 2 aromatic rings. The summed E-state index contributed by atoms with van der Waals surface area (Å²) >= 11 is 5.93. The Hall–Kier alpha value is -2.33. The number of hydrogen-bond acceptors (Lipinski definition) is 3. The van der Waals surface area contributed by atoms with Crippen molar-refractivity contribution >= 4 is 29.2 Å². The number of amides is 1. The number of benzene rings is 2. The third-order valence-electron chi connectivity index (χ3n) is 2.97. The summed E-state index contributed by atoms with van der Waals surface area (Å²) in [6, 6.07) is 16.5. The van der Waals surface area contributed by atoms with Gasteiger partial charge < -0.3 is 10.1 Å². The molecule has 1 N–H and O–H groups in total. The van der Waals surface area contributed by atoms with Crippen LogP contribution in [0.3, 0.4) is 0 Å². The molecule has 0 heterocycles. The minimum atomic E-state index is -0.416. The van der Waals surface area contributed by atoms with Gasteiger partial charge in [-0.25, -0.2) is 0 Å². The highest BCUT2D eigenvalue weighted by molar-refractivity contribution is 6.33. The molecule has 0 atom stereocenters. The molecule has 0 aromatic heterocycles. The number of carbonyl (C=O) groups excluding carboxylic acids is 2. The highest BCUT2D eigenvalue weighted by atomic mass is 35.5. The molecule has 1 amide bonds. The molecule has 5 heteroatoms. The number of esters is 1. The summed E-state index contributed by atoms with van der Waals surface area (Å²) in [6.07, 6.45) is 0.829. The maximum Gasteiger partial charge on any atom is 0.306 e. The number of para-hydroxylation sites is 1. The molecule has 114 valence electrons. The Balaban J connectivity index is 1.72. The van der Waals surface area contributed by atoms with Gasteiger partial charge in [-0.05, 0) is 24.1 Å². The van der Waals surface area contributed by atoms with Gasteiger partial charge in [-0.15, -0.1) is 0 Å². The highest BCUT2D eigenvalue weighted by Crippen LogP contribution is 2.20. The summed E-state index contributed by atoms with van der Waals surface area (Å²) in [6.45, 7) is -0.321. The fourth-order valence-electron chi connectivity index (χ4n) is 1.86. The second-order valence-electron chi connectivity index (χ2n) is 4.67. The van der Waals surface area contributed by atoms with Crippen molar-refractivity contribution in [3.05, 3.63) is 65.2 Å². The van der Waals surface area contributed by atoms with Crippen molar-refractivity contribution < 1.29 is 14.3 Å². The number of carbonyl (C=O) groups is 2. The van der Waals surface area contributed by atoms with Gasteiger partial charge in [0.05, 0.1) is 10.7 Å². The van der Waals surface area contributed by atoms with Crippen molar-refractivity contribution in [2.45, 2.75) is 12.8 Å². The Morgan fingerprint density at radius 1 is 1.00 bits per heavy atom. The van der Waals surface area contributed by atoms with Crippen LogP contribution in [-0.2, 0) is 20.7 Å². The molecule has 0 saturated heterocycles. The van der Waals surface area contributed by atoms with Crippen molar-refractivity contribution in [2.75, 3.05) is 11.9 Å². The number of aryl methyl sites for hydroxylation is 1. The summed E-state index contributed by atoms with van der Waals surface area (Å²) in [5.41, 5.74) is 1.55. The molecule has 2 rings (SSSR count). The van der Waals surface area contributed by atoms with Crippen LogP contribution in [0.15, 0.2) is 54.6 Å². The summed E-state index contributed by atoms with van der Waals surface area (Å²) in [5.74, 6) is -0.820. The van der Waals surface area contributed by atoms with E-state index in [0.29, 0.717) is 17.1 Å². The zero-order valence-electron chi connectivity index (χ0n) is 11.9. The number of rotatable bonds is 6. The standard InChI is InChI=1S/C17H16ClNO3/c18-14-8-4-5-9-15(14)19-16(20)12-22-17(21)11-10-13-6-2-1-3-7-13/h1-9H,10-12H2,(H,19,20). The van der Waals surface area contributed by atoms with Crippen LogP contribution >= 0.6 is 11.6 Å². The maximum atomic E-state index is 11.7. The largest absolute Gasteiger partial charge is 0.456 e. The van der Waals surface area contributed by atoms with E-state index in [4.69, 9.17) is 16.3 Å². The van der Waals surface area contributed by atoms with Crippen LogP contribution in [-0.4, -0.2) is 18.5 Å². The predicted octanol–water partition coefficient (Wildman–Crippen LogP) is 3.45. The maximum absolute atomic E-state index is 11.7. The third-order valence-corrected chi connectivity index (χ3v) is 3.30. The van der Waals surface area contributed by atoms with Crippen molar-refractivity contribution in [1.29, 1.82) is 0 Å². The van der Waals surface area contributed by atoms with Gasteiger partial charge in [-0.1, -0.05) is 54.1 Å². The highest BCUT2D eigenvalue weighted by Gasteiger charge is 2.09. The van der Waals surface area contributed by atoms with Crippen LogP contribution in [0.1, 0.15) is 12.0 Å². The zero-order valence-corrected chi connectivity index (χ0v) is 12.7. The first-order valence-corrected chi connectivity index (χ1v) is 7.27. The average Bonchev–Trinajstić information content (AvgIpc) is 2.54. The SMILES string of the molecule is O=C(COC(=O)CCc1ccccc1)Nc1ccccc1Cl. The quantitative estimate of drug-likeness (QED) is 0.830. The zero-order chi connectivity index (χ0) is 15.8. The molecular weight excluding hydrogens is 302 g/mol. The Morgan fingerprint density at radius 2 is 1.68 bits per heavy atom. The molecule has 22 heavy (non-hydrogen) atoms. The van der Waals surface area contributed by atoms with E-state index in [9.17, 15) is 9.59 Å². The summed E-state index contributed by atoms with van der Waals surface area (Å²) in [7, 11) is 0. The predicted molar refractivity (Wildman–Crippen MR) is 85.8 cm³/mol. The van der Waals surface area contributed by atoms with Crippen LogP contribution in [0.2, 0.25) is 5.02 Å². The van der Waals surface area contributed by atoms with Crippen LogP contribution in [0.5, 0.6) is 0 Å². The monoisotopic (exact) mass is 317 g/mol. The number of ether oxygens (including phenoxy) is 1. The molecule has 0 saturated carbocycles. The molecular formula is C17H16ClNO3. The van der Waals surface area contributed by atoms with E-state index in [0.717, 1.165) is 5.56 Å². The molecule has 0 bridgehead atoms. The lowest BCUT2D eigenvalue weighted by Gasteiger charge is -2.08. The Kier molecular flexibility index (Phi) is 5.98. The van der Waals surface area contributed by atoms with Crippen LogP contribution < -0.4 is 5.32 Å². The van der Waals surface area contributed by atoms with Crippen LogP contribution in [0.25, 0.3) is 0 Å². The lowest BCUT2D eigenvalue weighted by Crippen LogP contribution is -2.21. The van der Waals surface area contributed by atoms with Crippen molar-refractivity contribution in [3.63, 3.8) is 0 Å². The van der Waals surface area contributed by atoms with Gasteiger partial charge in [0, 0.05) is 6.42 Å². The van der Waals surface area contributed by atoms with Crippen molar-refractivity contribution in [3.8, 4) is 0 Å². The summed E-state index contributed by atoms with van der Waals surface area (Å²) in [4.78, 5) is 23.3. The number of anilines is 1. The van der Waals surface area contributed by atoms with E-state index in [1.54, 1.807) is 24.3 Å². The lowest BCUT2D eigenvalue weighted by molar-refractivity contribution is -0.147. The van der Waals surface area contributed by atoms with Gasteiger partial charge in [0.25, 0.3) is 5.91 Å². The molecule has 2 aromatic carbocycles. The number of hydrogen-bond donors (Lipinski definition) is 1. The summed E-state index contributed by atoms with van der Waals surface area (Å²) < 4.78 is 4.94. The van der Waals surface area contributed by atoms with E-state index in [-0.39, 0.29) is 13.0 Å². The Labute approximate surface area is 134 Å². The van der Waals surface area contributed by atoms with E-state index in [2.05, 4.69) is 5.32 Å². The molecule has 0 aliphatic carbocycles. The molecule has 0 aliphatic rings. The summed E-state index contributed by atoms with van der Waals surface area (Å²) in [5, 5.41) is 3.03. The molecule has 0 fully saturated rings. The van der Waals surface area contributed by atoms with E-state index >= 15 is 0 Å². The van der Waals surface area contributed by atoms with E-state index in [1.165, 1.54) is 0 Å². The minimum Gasteiger partial charge on any atom is -0.456 e. The first-order chi connectivity index (χ1) is 10.6. The fourth-order valence-corrected chi connectivity index (χ4v) is 2.04. The molecule has 4 nitrogen and oxygen atoms in total. The topological polar surface area (TPSA) is 55.4 Å². The molecule has 0 unspecified atom stereocenters. The molecule has 0 aliphatic heterocycles. The smallest absolute Gasteiger partial charge is 0.306 e. The average molecular weight is 318 g/mol. The fraction of sp³-hybridized carbons (Fsp3) is 0.176. The normalized spacial score (nSPS) is 10.0. The Bertz CT molecular complexity index is 643. The van der Waals surface area contributed by atoms with E-state index < -0.39 is 11.9 Å². The third kappa shape index (κ3) is 5.22. The van der Waals surface area contributed by atoms with Gasteiger partial charge in [0.15, 0.2) is 6.61 Å². The van der Waals surface area contributed by atoms with Crippen LogP contribution in [0, 0.1) is 0 Å². The van der Waals surface area contributed by atoms with Gasteiger partial charge in [-0.2, -0.15) is 0 Å². The first kappa shape index (κ1) is 16.0. The van der Waals surface area contributed by atoms with Gasteiger partial charge in [-0.3, -0.25) is 9.59 Å². The minimum absolute atomic E-state index is 0.239.